The van der Waals surface area contributed by atoms with Gasteiger partial charge in [0.15, 0.2) is 0 Å². The molecule has 0 aliphatic carbocycles. The van der Waals surface area contributed by atoms with Gasteiger partial charge < -0.3 is 9.72 Å². The minimum atomic E-state index is -0.0737. The summed E-state index contributed by atoms with van der Waals surface area (Å²) in [6, 6.07) is 11.4. The molecule has 134 valence electrons. The van der Waals surface area contributed by atoms with Gasteiger partial charge in [0.05, 0.1) is 17.1 Å². The van der Waals surface area contributed by atoms with Crippen molar-refractivity contribution in [3.8, 4) is 16.8 Å². The maximum Gasteiger partial charge on any atom is 0.255 e. The number of imidazole rings is 1. The van der Waals surface area contributed by atoms with Crippen molar-refractivity contribution in [3.05, 3.63) is 82.4 Å². The second kappa shape index (κ2) is 6.17. The Kier molecular flexibility index (Phi) is 3.65. The first-order valence-electron chi connectivity index (χ1n) is 9.06. The Morgan fingerprint density at radius 3 is 2.81 bits per heavy atom. The number of nitrogens with zero attached hydrogens (tertiary/aromatic N) is 4. The topological polar surface area (TPSA) is 64.2 Å². The first-order valence-corrected chi connectivity index (χ1v) is 9.06. The summed E-state index contributed by atoms with van der Waals surface area (Å²) in [4.78, 5) is 21.8. The lowest BCUT2D eigenvalue weighted by atomic mass is 10.1. The average Bonchev–Trinajstić information content (AvgIpc) is 3.06. The summed E-state index contributed by atoms with van der Waals surface area (Å²) in [5.41, 5.74) is 6.73. The molecule has 0 radical (unpaired) electrons. The van der Waals surface area contributed by atoms with E-state index >= 15 is 0 Å². The van der Waals surface area contributed by atoms with Crippen LogP contribution >= 0.6 is 0 Å². The number of rotatable bonds is 2. The number of aryl methyl sites for hydroxylation is 1. The van der Waals surface area contributed by atoms with Crippen molar-refractivity contribution in [2.75, 3.05) is 6.54 Å². The molecule has 1 aliphatic heterocycles. The van der Waals surface area contributed by atoms with Crippen LogP contribution in [0.15, 0.2) is 59.8 Å². The van der Waals surface area contributed by atoms with Gasteiger partial charge in [-0.3, -0.25) is 14.3 Å². The standard InChI is InChI=1S/C21H19N5O/c1-14-2-3-16(12-23-14)15-5-8-25(21(27)10-15)17-6-9-26-19-13-22-7-4-18(19)24-20(26)11-17/h2-3,5-6,8-12,22H,4,7,13H2,1H3. The van der Waals surface area contributed by atoms with Crippen LogP contribution in [0, 0.1) is 6.92 Å². The van der Waals surface area contributed by atoms with Gasteiger partial charge in [0, 0.05) is 61.5 Å². The number of hydrogen-bond acceptors (Lipinski definition) is 4. The summed E-state index contributed by atoms with van der Waals surface area (Å²) in [6.45, 7) is 3.73. The molecular weight excluding hydrogens is 338 g/mol. The molecule has 0 saturated carbocycles. The monoisotopic (exact) mass is 357 g/mol. The van der Waals surface area contributed by atoms with E-state index in [0.29, 0.717) is 0 Å². The predicted octanol–water partition coefficient (Wildman–Crippen LogP) is 2.50. The maximum atomic E-state index is 12.7. The van der Waals surface area contributed by atoms with E-state index in [1.807, 2.05) is 49.6 Å². The first-order chi connectivity index (χ1) is 13.2. The summed E-state index contributed by atoms with van der Waals surface area (Å²) in [5, 5.41) is 3.38. The van der Waals surface area contributed by atoms with E-state index in [9.17, 15) is 4.79 Å². The zero-order valence-corrected chi connectivity index (χ0v) is 15.0. The molecule has 1 N–H and O–H groups in total. The molecule has 5 rings (SSSR count). The van der Waals surface area contributed by atoms with Crippen LogP contribution in [0.2, 0.25) is 0 Å². The van der Waals surface area contributed by atoms with Crippen molar-refractivity contribution in [2.24, 2.45) is 0 Å². The zero-order chi connectivity index (χ0) is 18.4. The highest BCUT2D eigenvalue weighted by molar-refractivity contribution is 5.62. The van der Waals surface area contributed by atoms with Crippen molar-refractivity contribution >= 4 is 5.65 Å². The lowest BCUT2D eigenvalue weighted by Crippen LogP contribution is -2.24. The molecule has 0 amide bonds. The molecule has 0 saturated heterocycles. The summed E-state index contributed by atoms with van der Waals surface area (Å²) < 4.78 is 3.75. The van der Waals surface area contributed by atoms with Crippen molar-refractivity contribution in [3.63, 3.8) is 0 Å². The van der Waals surface area contributed by atoms with Gasteiger partial charge in [0.25, 0.3) is 5.56 Å². The third-order valence-electron chi connectivity index (χ3n) is 5.07. The minimum absolute atomic E-state index is 0.0737. The number of fused-ring (bicyclic) bond motifs is 3. The van der Waals surface area contributed by atoms with Crippen molar-refractivity contribution < 1.29 is 0 Å². The molecule has 4 aromatic heterocycles. The van der Waals surface area contributed by atoms with Crippen molar-refractivity contribution in [1.82, 2.24) is 24.3 Å². The van der Waals surface area contributed by atoms with Crippen LogP contribution in [0.1, 0.15) is 17.1 Å². The maximum absolute atomic E-state index is 12.7. The van der Waals surface area contributed by atoms with E-state index in [0.717, 1.165) is 53.4 Å². The Labute approximate surface area is 156 Å². The number of hydrogen-bond donors (Lipinski definition) is 1. The Morgan fingerprint density at radius 2 is 2.00 bits per heavy atom. The Balaban J connectivity index is 1.56. The van der Waals surface area contributed by atoms with Crippen LogP contribution in [-0.4, -0.2) is 25.5 Å². The Hall–Kier alpha value is -3.25. The van der Waals surface area contributed by atoms with Crippen molar-refractivity contribution in [1.29, 1.82) is 0 Å². The number of pyridine rings is 3. The lowest BCUT2D eigenvalue weighted by molar-refractivity contribution is 0.621. The molecule has 4 aromatic rings. The molecule has 0 unspecified atom stereocenters. The highest BCUT2D eigenvalue weighted by Gasteiger charge is 2.16. The molecule has 6 nitrogen and oxygen atoms in total. The largest absolute Gasteiger partial charge is 0.311 e. The van der Waals surface area contributed by atoms with Crippen LogP contribution in [0.3, 0.4) is 0 Å². The summed E-state index contributed by atoms with van der Waals surface area (Å²) in [5.74, 6) is 0. The fourth-order valence-corrected chi connectivity index (χ4v) is 3.59. The normalized spacial score (nSPS) is 13.7. The summed E-state index contributed by atoms with van der Waals surface area (Å²) in [7, 11) is 0. The van der Waals surface area contributed by atoms with Crippen LogP contribution in [-0.2, 0) is 13.0 Å². The zero-order valence-electron chi connectivity index (χ0n) is 15.0. The quantitative estimate of drug-likeness (QED) is 0.599. The van der Waals surface area contributed by atoms with Crippen LogP contribution < -0.4 is 10.9 Å². The average molecular weight is 357 g/mol. The molecular formula is C21H19N5O. The number of nitrogens with one attached hydrogen (secondary N) is 1. The first kappa shape index (κ1) is 16.0. The van der Waals surface area contributed by atoms with Gasteiger partial charge in [0.2, 0.25) is 0 Å². The van der Waals surface area contributed by atoms with E-state index in [1.165, 1.54) is 5.69 Å². The highest BCUT2D eigenvalue weighted by atomic mass is 16.1. The van der Waals surface area contributed by atoms with Gasteiger partial charge in [0.1, 0.15) is 5.65 Å². The molecule has 0 bridgehead atoms. The fourth-order valence-electron chi connectivity index (χ4n) is 3.59. The molecule has 0 aromatic carbocycles. The molecule has 1 aliphatic rings. The third-order valence-corrected chi connectivity index (χ3v) is 5.07. The van der Waals surface area contributed by atoms with Crippen LogP contribution in [0.5, 0.6) is 0 Å². The second-order valence-electron chi connectivity index (χ2n) is 6.86. The molecule has 6 heteroatoms. The van der Waals surface area contributed by atoms with E-state index in [4.69, 9.17) is 4.98 Å². The Bertz CT molecular complexity index is 1200. The van der Waals surface area contributed by atoms with Crippen LogP contribution in [0.25, 0.3) is 22.5 Å². The third kappa shape index (κ3) is 2.74. The van der Waals surface area contributed by atoms with E-state index in [-0.39, 0.29) is 5.56 Å². The van der Waals surface area contributed by atoms with Gasteiger partial charge in [-0.1, -0.05) is 6.07 Å². The smallest absolute Gasteiger partial charge is 0.255 e. The lowest BCUT2D eigenvalue weighted by Gasteiger charge is -2.12. The van der Waals surface area contributed by atoms with E-state index in [1.54, 1.807) is 16.8 Å². The highest BCUT2D eigenvalue weighted by Crippen LogP contribution is 2.20. The Morgan fingerprint density at radius 1 is 1.07 bits per heavy atom. The molecule has 0 atom stereocenters. The molecule has 0 spiro atoms. The van der Waals surface area contributed by atoms with Gasteiger partial charge in [-0.05, 0) is 30.7 Å². The summed E-state index contributed by atoms with van der Waals surface area (Å²) in [6.07, 6.45) is 6.54. The molecule has 27 heavy (non-hydrogen) atoms. The van der Waals surface area contributed by atoms with Crippen molar-refractivity contribution in [2.45, 2.75) is 19.9 Å². The van der Waals surface area contributed by atoms with Crippen LogP contribution in [0.4, 0.5) is 0 Å². The summed E-state index contributed by atoms with van der Waals surface area (Å²) >= 11 is 0. The molecule has 0 fully saturated rings. The SMILES string of the molecule is Cc1ccc(-c2ccn(-c3ccn4c5c(nc4c3)CCNC5)c(=O)c2)cn1. The minimum Gasteiger partial charge on any atom is -0.311 e. The van der Waals surface area contributed by atoms with Gasteiger partial charge >= 0.3 is 0 Å². The van der Waals surface area contributed by atoms with E-state index < -0.39 is 0 Å². The number of aromatic nitrogens is 4. The molecule has 5 heterocycles. The van der Waals surface area contributed by atoms with E-state index in [2.05, 4.69) is 14.7 Å². The van der Waals surface area contributed by atoms with Gasteiger partial charge in [-0.15, -0.1) is 0 Å². The predicted molar refractivity (Wildman–Crippen MR) is 104 cm³/mol. The van der Waals surface area contributed by atoms with Gasteiger partial charge in [-0.25, -0.2) is 4.98 Å². The second-order valence-corrected chi connectivity index (χ2v) is 6.86. The fraction of sp³-hybridized carbons (Fsp3) is 0.190. The van der Waals surface area contributed by atoms with Gasteiger partial charge in [-0.2, -0.15) is 0 Å².